The van der Waals surface area contributed by atoms with Gasteiger partial charge in [0.1, 0.15) is 17.0 Å². The van der Waals surface area contributed by atoms with Crippen LogP contribution in [0.15, 0.2) is 60.3 Å². The fourth-order valence-corrected chi connectivity index (χ4v) is 5.58. The number of rotatable bonds is 5. The summed E-state index contributed by atoms with van der Waals surface area (Å²) in [5, 5.41) is 4.59. The molecule has 6 rings (SSSR count). The number of benzene rings is 2. The summed E-state index contributed by atoms with van der Waals surface area (Å²) in [5.41, 5.74) is 12.8. The second-order valence-electron chi connectivity index (χ2n) is 8.69. The molecule has 1 unspecified atom stereocenters. The van der Waals surface area contributed by atoms with Crippen LogP contribution in [-0.4, -0.2) is 21.0 Å². The molecule has 1 saturated carbocycles. The lowest BCUT2D eigenvalue weighted by molar-refractivity contribution is 0.235. The number of aromatic nitrogens is 2. The van der Waals surface area contributed by atoms with Gasteiger partial charge >= 0.3 is 0 Å². The first-order chi connectivity index (χ1) is 16.6. The number of epoxide rings is 1. The van der Waals surface area contributed by atoms with Crippen molar-refractivity contribution in [3.63, 3.8) is 0 Å². The number of halogens is 1. The summed E-state index contributed by atoms with van der Waals surface area (Å²) < 4.78 is 21.8. The van der Waals surface area contributed by atoms with Gasteiger partial charge in [-0.05, 0) is 72.7 Å². The first-order valence-corrected chi connectivity index (χ1v) is 13.5. The van der Waals surface area contributed by atoms with Crippen LogP contribution in [0, 0.1) is 5.82 Å². The third-order valence-corrected chi connectivity index (χ3v) is 7.23. The number of ether oxygens (including phenoxy) is 1. The number of thiol groups is 2. The van der Waals surface area contributed by atoms with Gasteiger partial charge in [0, 0.05) is 18.5 Å². The zero-order valence-corrected chi connectivity index (χ0v) is 21.5. The normalized spacial score (nSPS) is 23.3. The summed E-state index contributed by atoms with van der Waals surface area (Å²) >= 11 is 6.44. The predicted molar refractivity (Wildman–Crippen MR) is 143 cm³/mol. The minimum Gasteiger partial charge on any atom is -0.357 e. The Bertz CT molecular complexity index is 1180. The number of hydrogen-bond acceptors (Lipinski definition) is 5. The standard InChI is InChI=1S/C25H24FN3O.C2H6.H2S2/c26-21-5-7-22(8-6-21)29-23-13-20-10-12-24(25(20,30-24)14-19(23)16-28-29)11-9-17-3-1-2-4-18(17)15-27;2*1-2/h1-8,13,16H,9-12,14-15,27H2;1-2H3;1-2H/t24-,25?;;/m0../s1. The van der Waals surface area contributed by atoms with Crippen molar-refractivity contribution in [2.45, 2.75) is 63.7 Å². The summed E-state index contributed by atoms with van der Waals surface area (Å²) in [7, 11) is 0. The molecule has 7 heteroatoms. The van der Waals surface area contributed by atoms with Crippen LogP contribution in [0.2, 0.25) is 0 Å². The summed E-state index contributed by atoms with van der Waals surface area (Å²) in [4.78, 5) is 0. The Balaban J connectivity index is 0.000000652. The Labute approximate surface area is 211 Å². The zero-order valence-electron chi connectivity index (χ0n) is 19.7. The molecule has 2 fully saturated rings. The third-order valence-electron chi connectivity index (χ3n) is 7.23. The maximum Gasteiger partial charge on any atom is 0.123 e. The second kappa shape index (κ2) is 10.3. The first-order valence-electron chi connectivity index (χ1n) is 11.9. The topological polar surface area (TPSA) is 56.4 Å². The molecule has 2 atom stereocenters. The van der Waals surface area contributed by atoms with Gasteiger partial charge in [0.25, 0.3) is 0 Å². The van der Waals surface area contributed by atoms with Crippen molar-refractivity contribution < 1.29 is 9.13 Å². The summed E-state index contributed by atoms with van der Waals surface area (Å²) in [6.07, 6.45) is 9.21. The van der Waals surface area contributed by atoms with Crippen molar-refractivity contribution in [2.24, 2.45) is 5.73 Å². The first kappa shape index (κ1) is 25.0. The van der Waals surface area contributed by atoms with Crippen molar-refractivity contribution in [1.82, 2.24) is 9.78 Å². The number of nitrogens with zero attached hydrogens (tertiary/aromatic N) is 2. The SMILES string of the molecule is CC.NCc1ccccc1CC[C@]12CCC3=Cc4c(cnn4-c4ccc(F)cc4)CC31O2.SS. The lowest BCUT2D eigenvalue weighted by Gasteiger charge is -2.20. The van der Waals surface area contributed by atoms with E-state index >= 15 is 0 Å². The molecule has 0 bridgehead atoms. The number of aryl methyl sites for hydroxylation is 1. The van der Waals surface area contributed by atoms with E-state index in [1.54, 1.807) is 12.1 Å². The van der Waals surface area contributed by atoms with Crippen LogP contribution in [-0.2, 0) is 24.1 Å². The number of fused-ring (bicyclic) bond motifs is 1. The third kappa shape index (κ3) is 4.13. The van der Waals surface area contributed by atoms with E-state index in [0.29, 0.717) is 6.54 Å². The smallest absolute Gasteiger partial charge is 0.123 e. The van der Waals surface area contributed by atoms with Crippen LogP contribution in [0.3, 0.4) is 0 Å². The largest absolute Gasteiger partial charge is 0.357 e. The van der Waals surface area contributed by atoms with Crippen LogP contribution in [0.4, 0.5) is 4.39 Å². The van der Waals surface area contributed by atoms with Crippen molar-refractivity contribution in [3.8, 4) is 5.69 Å². The Hall–Kier alpha value is -2.06. The second-order valence-corrected chi connectivity index (χ2v) is 8.69. The van der Waals surface area contributed by atoms with E-state index in [9.17, 15) is 4.39 Å². The van der Waals surface area contributed by atoms with Gasteiger partial charge in [-0.3, -0.25) is 0 Å². The molecule has 4 nitrogen and oxygen atoms in total. The van der Waals surface area contributed by atoms with E-state index in [4.69, 9.17) is 10.5 Å². The maximum atomic E-state index is 13.3. The highest BCUT2D eigenvalue weighted by Gasteiger charge is 2.74. The molecule has 0 radical (unpaired) electrons. The molecule has 1 aromatic heterocycles. The lowest BCUT2D eigenvalue weighted by atomic mass is 9.81. The highest BCUT2D eigenvalue weighted by molar-refractivity contribution is 8.59. The summed E-state index contributed by atoms with van der Waals surface area (Å²) in [5.74, 6) is -0.236. The van der Waals surface area contributed by atoms with Crippen LogP contribution in [0.5, 0.6) is 0 Å². The molecule has 1 spiro atoms. The number of nitrogens with two attached hydrogens (primary N) is 1. The fraction of sp³-hybridized carbons (Fsp3) is 0.370. The molecule has 34 heavy (non-hydrogen) atoms. The van der Waals surface area contributed by atoms with Gasteiger partial charge < -0.3 is 10.5 Å². The van der Waals surface area contributed by atoms with Gasteiger partial charge in [0.05, 0.1) is 17.6 Å². The van der Waals surface area contributed by atoms with Crippen LogP contribution in [0.1, 0.15) is 55.5 Å². The summed E-state index contributed by atoms with van der Waals surface area (Å²) in [6, 6.07) is 14.9. The van der Waals surface area contributed by atoms with Crippen LogP contribution < -0.4 is 5.73 Å². The van der Waals surface area contributed by atoms with Crippen molar-refractivity contribution in [3.05, 3.63) is 88.5 Å². The molecule has 2 aliphatic carbocycles. The van der Waals surface area contributed by atoms with Crippen molar-refractivity contribution in [1.29, 1.82) is 0 Å². The summed E-state index contributed by atoms with van der Waals surface area (Å²) in [6.45, 7) is 4.58. The van der Waals surface area contributed by atoms with E-state index in [1.807, 2.05) is 24.7 Å². The highest BCUT2D eigenvalue weighted by Crippen LogP contribution is 2.67. The molecule has 3 aliphatic rings. The van der Waals surface area contributed by atoms with Gasteiger partial charge in [-0.25, -0.2) is 9.07 Å². The molecule has 0 amide bonds. The van der Waals surface area contributed by atoms with Crippen molar-refractivity contribution >= 4 is 29.4 Å². The molecule has 2 heterocycles. The van der Waals surface area contributed by atoms with Gasteiger partial charge in [-0.15, -0.1) is 23.3 Å². The maximum absolute atomic E-state index is 13.3. The predicted octanol–water partition coefficient (Wildman–Crippen LogP) is 6.13. The van der Waals surface area contributed by atoms with Gasteiger partial charge in [-0.1, -0.05) is 38.1 Å². The van der Waals surface area contributed by atoms with Gasteiger partial charge in [0.15, 0.2) is 0 Å². The van der Waals surface area contributed by atoms with E-state index in [1.165, 1.54) is 34.4 Å². The lowest BCUT2D eigenvalue weighted by Crippen LogP contribution is -2.27. The molecule has 180 valence electrons. The minimum atomic E-state index is -0.236. The molecule has 1 aliphatic heterocycles. The van der Waals surface area contributed by atoms with E-state index in [2.05, 4.69) is 58.8 Å². The highest BCUT2D eigenvalue weighted by atomic mass is 33.1. The quantitative estimate of drug-likeness (QED) is 0.226. The average Bonchev–Trinajstić information content (AvgIpc) is 3.16. The van der Waals surface area contributed by atoms with Crippen LogP contribution >= 0.6 is 23.3 Å². The Kier molecular flexibility index (Phi) is 7.57. The van der Waals surface area contributed by atoms with Crippen molar-refractivity contribution in [2.75, 3.05) is 0 Å². The Morgan fingerprint density at radius 3 is 2.50 bits per heavy atom. The van der Waals surface area contributed by atoms with E-state index in [0.717, 1.165) is 43.5 Å². The van der Waals surface area contributed by atoms with E-state index < -0.39 is 0 Å². The fourth-order valence-electron chi connectivity index (χ4n) is 5.58. The molecule has 2 N–H and O–H groups in total. The van der Waals surface area contributed by atoms with Gasteiger partial charge in [-0.2, -0.15) is 5.10 Å². The molecular formula is C27H32FN3OS2. The molecule has 2 aromatic carbocycles. The Morgan fingerprint density at radius 1 is 1.09 bits per heavy atom. The van der Waals surface area contributed by atoms with Crippen LogP contribution in [0.25, 0.3) is 11.8 Å². The zero-order chi connectivity index (χ0) is 24.3. The molecule has 1 saturated heterocycles. The Morgan fingerprint density at radius 2 is 1.79 bits per heavy atom. The number of hydrogen-bond donors (Lipinski definition) is 3. The van der Waals surface area contributed by atoms with E-state index in [-0.39, 0.29) is 17.0 Å². The van der Waals surface area contributed by atoms with Gasteiger partial charge in [0.2, 0.25) is 0 Å². The minimum absolute atomic E-state index is 0.0593. The molecular weight excluding hydrogens is 465 g/mol. The molecule has 3 aromatic rings. The monoisotopic (exact) mass is 497 g/mol. The average molecular weight is 498 g/mol.